The lowest BCUT2D eigenvalue weighted by Crippen LogP contribution is -1.83. The number of hydrogen-bond donors (Lipinski definition) is 0. The van der Waals surface area contributed by atoms with Crippen molar-refractivity contribution in [3.8, 4) is 0 Å². The molecule has 1 heteroatoms. The predicted molar refractivity (Wildman–Crippen MR) is 54.8 cm³/mol. The molecule has 12 heavy (non-hydrogen) atoms. The highest BCUT2D eigenvalue weighted by Gasteiger charge is 1.90. The first-order chi connectivity index (χ1) is 5.70. The molecule has 0 saturated heterocycles. The molecule has 0 nitrogen and oxygen atoms in total. The SMILES string of the molecule is C/C=C(F)\C=C/C(C)CC.CC. The first-order valence-electron chi connectivity index (χ1n) is 4.70. The minimum absolute atomic E-state index is 0.153. The zero-order valence-corrected chi connectivity index (χ0v) is 8.89. The van der Waals surface area contributed by atoms with Gasteiger partial charge < -0.3 is 0 Å². The molecule has 0 saturated carbocycles. The molecule has 1 unspecified atom stereocenters. The van der Waals surface area contributed by atoms with Crippen molar-refractivity contribution in [2.75, 3.05) is 0 Å². The Morgan fingerprint density at radius 2 is 1.92 bits per heavy atom. The van der Waals surface area contributed by atoms with Gasteiger partial charge in [-0.3, -0.25) is 0 Å². The molecular weight excluding hydrogens is 151 g/mol. The van der Waals surface area contributed by atoms with E-state index in [1.54, 1.807) is 6.92 Å². The third-order valence-corrected chi connectivity index (χ3v) is 1.50. The van der Waals surface area contributed by atoms with E-state index in [1.807, 2.05) is 19.9 Å². The molecule has 0 aromatic heterocycles. The van der Waals surface area contributed by atoms with E-state index >= 15 is 0 Å². The van der Waals surface area contributed by atoms with Gasteiger partial charge in [-0.25, -0.2) is 4.39 Å². The van der Waals surface area contributed by atoms with Crippen LogP contribution in [0.4, 0.5) is 4.39 Å². The van der Waals surface area contributed by atoms with E-state index in [0.29, 0.717) is 5.92 Å². The lowest BCUT2D eigenvalue weighted by molar-refractivity contribution is 0.653. The van der Waals surface area contributed by atoms with E-state index in [-0.39, 0.29) is 5.83 Å². The van der Waals surface area contributed by atoms with Gasteiger partial charge in [-0.05, 0) is 18.9 Å². The summed E-state index contributed by atoms with van der Waals surface area (Å²) in [5.74, 6) is 0.325. The first-order valence-corrected chi connectivity index (χ1v) is 4.70. The maximum atomic E-state index is 12.4. The van der Waals surface area contributed by atoms with Gasteiger partial charge in [0.15, 0.2) is 0 Å². The normalized spacial score (nSPS) is 14.0. The number of rotatable bonds is 3. The Hall–Kier alpha value is -0.590. The van der Waals surface area contributed by atoms with Crippen molar-refractivity contribution < 1.29 is 4.39 Å². The van der Waals surface area contributed by atoms with Crippen molar-refractivity contribution in [2.45, 2.75) is 41.0 Å². The quantitative estimate of drug-likeness (QED) is 0.550. The van der Waals surface area contributed by atoms with Gasteiger partial charge in [-0.2, -0.15) is 0 Å². The van der Waals surface area contributed by atoms with Crippen LogP contribution in [-0.2, 0) is 0 Å². The van der Waals surface area contributed by atoms with Crippen LogP contribution in [0.25, 0.3) is 0 Å². The topological polar surface area (TPSA) is 0 Å². The smallest absolute Gasteiger partial charge is 0.118 e. The van der Waals surface area contributed by atoms with Gasteiger partial charge in [0.25, 0.3) is 0 Å². The molecule has 0 aromatic rings. The number of allylic oxidation sites excluding steroid dienone is 4. The maximum absolute atomic E-state index is 12.4. The maximum Gasteiger partial charge on any atom is 0.118 e. The molecule has 0 aliphatic carbocycles. The molecule has 0 aliphatic heterocycles. The number of halogens is 1. The van der Waals surface area contributed by atoms with Crippen LogP contribution in [0.2, 0.25) is 0 Å². The van der Waals surface area contributed by atoms with Crippen molar-refractivity contribution >= 4 is 0 Å². The van der Waals surface area contributed by atoms with Gasteiger partial charge in [0, 0.05) is 0 Å². The Bertz CT molecular complexity index is 134. The highest BCUT2D eigenvalue weighted by atomic mass is 19.1. The second-order valence-corrected chi connectivity index (χ2v) is 2.42. The minimum atomic E-state index is -0.153. The summed E-state index contributed by atoms with van der Waals surface area (Å²) in [5.41, 5.74) is 0. The molecule has 0 bridgehead atoms. The summed E-state index contributed by atoms with van der Waals surface area (Å²) in [4.78, 5) is 0. The molecule has 0 fully saturated rings. The average Bonchev–Trinajstić information content (AvgIpc) is 2.16. The summed E-state index contributed by atoms with van der Waals surface area (Å²) in [6, 6.07) is 0. The van der Waals surface area contributed by atoms with E-state index in [4.69, 9.17) is 0 Å². The third kappa shape index (κ3) is 9.41. The Morgan fingerprint density at radius 3 is 2.25 bits per heavy atom. The molecule has 1 atom stereocenters. The van der Waals surface area contributed by atoms with Crippen LogP contribution in [0.1, 0.15) is 41.0 Å². The van der Waals surface area contributed by atoms with Gasteiger partial charge in [0.1, 0.15) is 5.83 Å². The minimum Gasteiger partial charge on any atom is -0.207 e. The molecule has 0 amide bonds. The van der Waals surface area contributed by atoms with Crippen LogP contribution in [0.15, 0.2) is 24.1 Å². The standard InChI is InChI=1S/C9H15F.C2H6/c1-4-8(3)6-7-9(10)5-2;1-2/h5-8H,4H2,1-3H3;1-2H3/b7-6-,9-5+;. The Balaban J connectivity index is 0. The van der Waals surface area contributed by atoms with Gasteiger partial charge >= 0.3 is 0 Å². The summed E-state index contributed by atoms with van der Waals surface area (Å²) in [6.45, 7) is 9.85. The van der Waals surface area contributed by atoms with Crippen molar-refractivity contribution in [3.63, 3.8) is 0 Å². The van der Waals surface area contributed by atoms with Crippen LogP contribution < -0.4 is 0 Å². The zero-order chi connectivity index (χ0) is 9.98. The zero-order valence-electron chi connectivity index (χ0n) is 8.89. The highest BCUT2D eigenvalue weighted by molar-refractivity contribution is 5.10. The second-order valence-electron chi connectivity index (χ2n) is 2.42. The van der Waals surface area contributed by atoms with Crippen molar-refractivity contribution in [3.05, 3.63) is 24.1 Å². The second kappa shape index (κ2) is 10.4. The molecule has 0 radical (unpaired) electrons. The van der Waals surface area contributed by atoms with Crippen molar-refractivity contribution in [2.24, 2.45) is 5.92 Å². The summed E-state index contributed by atoms with van der Waals surface area (Å²) in [7, 11) is 0. The fourth-order valence-corrected chi connectivity index (χ4v) is 0.488. The molecule has 0 spiro atoms. The Morgan fingerprint density at radius 1 is 1.42 bits per heavy atom. The van der Waals surface area contributed by atoms with Crippen LogP contribution in [0.3, 0.4) is 0 Å². The van der Waals surface area contributed by atoms with Crippen LogP contribution in [-0.4, -0.2) is 0 Å². The monoisotopic (exact) mass is 172 g/mol. The van der Waals surface area contributed by atoms with E-state index in [9.17, 15) is 4.39 Å². The summed E-state index contributed by atoms with van der Waals surface area (Å²) in [5, 5.41) is 0. The fraction of sp³-hybridized carbons (Fsp3) is 0.636. The van der Waals surface area contributed by atoms with Crippen LogP contribution in [0.5, 0.6) is 0 Å². The molecule has 0 rings (SSSR count). The molecule has 0 aromatic carbocycles. The van der Waals surface area contributed by atoms with Gasteiger partial charge in [-0.15, -0.1) is 0 Å². The number of hydrogen-bond acceptors (Lipinski definition) is 0. The molecular formula is C11H21F. The van der Waals surface area contributed by atoms with Gasteiger partial charge in [0.05, 0.1) is 0 Å². The summed E-state index contributed by atoms with van der Waals surface area (Å²) in [6.07, 6.45) is 5.93. The molecule has 72 valence electrons. The Labute approximate surface area is 76.2 Å². The largest absolute Gasteiger partial charge is 0.207 e. The molecule has 0 N–H and O–H groups in total. The van der Waals surface area contributed by atoms with E-state index in [1.165, 1.54) is 12.2 Å². The lowest BCUT2D eigenvalue weighted by atomic mass is 10.1. The van der Waals surface area contributed by atoms with Crippen molar-refractivity contribution in [1.82, 2.24) is 0 Å². The van der Waals surface area contributed by atoms with Crippen molar-refractivity contribution in [1.29, 1.82) is 0 Å². The highest BCUT2D eigenvalue weighted by Crippen LogP contribution is 2.05. The average molecular weight is 172 g/mol. The van der Waals surface area contributed by atoms with Gasteiger partial charge in [-0.1, -0.05) is 46.3 Å². The van der Waals surface area contributed by atoms with E-state index in [2.05, 4.69) is 13.8 Å². The first kappa shape index (κ1) is 14.0. The van der Waals surface area contributed by atoms with E-state index < -0.39 is 0 Å². The molecule has 0 aliphatic rings. The third-order valence-electron chi connectivity index (χ3n) is 1.50. The van der Waals surface area contributed by atoms with Crippen LogP contribution in [0, 0.1) is 5.92 Å². The fourth-order valence-electron chi connectivity index (χ4n) is 0.488. The molecule has 0 heterocycles. The predicted octanol–water partition coefficient (Wildman–Crippen LogP) is 4.49. The summed E-state index contributed by atoms with van der Waals surface area (Å²) < 4.78 is 12.4. The van der Waals surface area contributed by atoms with Crippen LogP contribution >= 0.6 is 0 Å². The summed E-state index contributed by atoms with van der Waals surface area (Å²) >= 11 is 0. The van der Waals surface area contributed by atoms with E-state index in [0.717, 1.165) is 6.42 Å². The van der Waals surface area contributed by atoms with Gasteiger partial charge in [0.2, 0.25) is 0 Å². The Kier molecular flexibility index (Phi) is 12.1. The lowest BCUT2D eigenvalue weighted by Gasteiger charge is -1.97.